The molecule has 0 amide bonds. The molecule has 1 unspecified atom stereocenters. The van der Waals surface area contributed by atoms with Crippen LogP contribution in [0.4, 0.5) is 11.5 Å². The fourth-order valence-corrected chi connectivity index (χ4v) is 4.87. The van der Waals surface area contributed by atoms with Crippen LogP contribution in [0.3, 0.4) is 0 Å². The molecule has 1 aromatic heterocycles. The van der Waals surface area contributed by atoms with Gasteiger partial charge in [-0.3, -0.25) is 4.57 Å². The zero-order valence-electron chi connectivity index (χ0n) is 17.0. The van der Waals surface area contributed by atoms with Gasteiger partial charge >= 0.3 is 0 Å². The third-order valence-corrected chi connectivity index (χ3v) is 6.40. The standard InChI is InChI=1S/C20H25N3O5S2/c1-4-8-27-11-6-5-7-13-15(11)21-18-14(30-13)9-23(20(29)22-18)19-16(24)17(26-3)12(28-19)10-25-2/h5-7,9,12,16-17,19,24H,4,8,10H2,1-3H3,(H,21,22,29)/t12-,16+,17?,19-/m1/s1. The van der Waals surface area contributed by atoms with E-state index in [0.717, 1.165) is 27.6 Å². The molecule has 4 atom stereocenters. The topological polar surface area (TPSA) is 87.0 Å². The van der Waals surface area contributed by atoms with Gasteiger partial charge in [0.2, 0.25) is 4.77 Å². The Bertz CT molecular complexity index is 970. The van der Waals surface area contributed by atoms with Crippen LogP contribution in [0.25, 0.3) is 0 Å². The SMILES string of the molecule is CCCOc1cccc2c1Nc1nc(=S)n([C@@H]3O[C@H](COC)C(OC)[C@@H]3O)cc1S2. The van der Waals surface area contributed by atoms with Crippen molar-refractivity contribution in [2.45, 2.75) is 47.7 Å². The van der Waals surface area contributed by atoms with Crippen LogP contribution in [0.15, 0.2) is 34.2 Å². The van der Waals surface area contributed by atoms with Gasteiger partial charge in [0.1, 0.15) is 29.9 Å². The summed E-state index contributed by atoms with van der Waals surface area (Å²) in [6, 6.07) is 5.93. The van der Waals surface area contributed by atoms with Gasteiger partial charge in [-0.25, -0.2) is 4.98 Å². The second kappa shape index (κ2) is 9.21. The molecule has 1 aromatic carbocycles. The first-order chi connectivity index (χ1) is 14.6. The van der Waals surface area contributed by atoms with E-state index < -0.39 is 24.5 Å². The maximum Gasteiger partial charge on any atom is 0.203 e. The Morgan fingerprint density at radius 2 is 2.17 bits per heavy atom. The van der Waals surface area contributed by atoms with Crippen molar-refractivity contribution in [3.05, 3.63) is 29.2 Å². The van der Waals surface area contributed by atoms with Crippen LogP contribution in [-0.2, 0) is 14.2 Å². The molecule has 2 aliphatic rings. The molecule has 0 spiro atoms. The molecule has 2 aliphatic heterocycles. The van der Waals surface area contributed by atoms with Crippen molar-refractivity contribution in [1.29, 1.82) is 0 Å². The second-order valence-electron chi connectivity index (χ2n) is 7.06. The number of benzene rings is 1. The van der Waals surface area contributed by atoms with Gasteiger partial charge in [0.15, 0.2) is 6.23 Å². The predicted octanol–water partition coefficient (Wildman–Crippen LogP) is 3.53. The van der Waals surface area contributed by atoms with E-state index >= 15 is 0 Å². The molecular formula is C20H25N3O5S2. The first-order valence-electron chi connectivity index (χ1n) is 9.76. The third kappa shape index (κ3) is 3.95. The zero-order valence-corrected chi connectivity index (χ0v) is 18.7. The Morgan fingerprint density at radius 1 is 1.33 bits per heavy atom. The van der Waals surface area contributed by atoms with E-state index in [1.165, 1.54) is 0 Å². The van der Waals surface area contributed by atoms with Crippen LogP contribution in [0.5, 0.6) is 5.75 Å². The number of anilines is 2. The van der Waals surface area contributed by atoms with Crippen LogP contribution in [0.1, 0.15) is 19.6 Å². The summed E-state index contributed by atoms with van der Waals surface area (Å²) in [6.45, 7) is 3.02. The van der Waals surface area contributed by atoms with Crippen molar-refractivity contribution in [3.8, 4) is 5.75 Å². The number of methoxy groups -OCH3 is 2. The van der Waals surface area contributed by atoms with Crippen LogP contribution >= 0.6 is 24.0 Å². The van der Waals surface area contributed by atoms with Crippen molar-refractivity contribution in [3.63, 3.8) is 0 Å². The number of aliphatic hydroxyl groups is 1. The molecule has 1 fully saturated rings. The highest BCUT2D eigenvalue weighted by Crippen LogP contribution is 2.47. The van der Waals surface area contributed by atoms with E-state index in [1.807, 2.05) is 24.4 Å². The molecule has 30 heavy (non-hydrogen) atoms. The summed E-state index contributed by atoms with van der Waals surface area (Å²) in [4.78, 5) is 6.47. The van der Waals surface area contributed by atoms with Gasteiger partial charge in [-0.2, -0.15) is 0 Å². The number of ether oxygens (including phenoxy) is 4. The van der Waals surface area contributed by atoms with E-state index in [0.29, 0.717) is 23.8 Å². The molecule has 0 bridgehead atoms. The average Bonchev–Trinajstić information content (AvgIpc) is 3.05. The van der Waals surface area contributed by atoms with Gasteiger partial charge in [-0.05, 0) is 30.8 Å². The molecule has 162 valence electrons. The van der Waals surface area contributed by atoms with Crippen molar-refractivity contribution in [1.82, 2.24) is 9.55 Å². The number of hydrogen-bond acceptors (Lipinski definition) is 9. The fraction of sp³-hybridized carbons (Fsp3) is 0.500. The number of rotatable bonds is 7. The van der Waals surface area contributed by atoms with Crippen LogP contribution in [0.2, 0.25) is 0 Å². The normalized spacial score (nSPS) is 24.8. The predicted molar refractivity (Wildman–Crippen MR) is 115 cm³/mol. The van der Waals surface area contributed by atoms with E-state index in [9.17, 15) is 5.11 Å². The van der Waals surface area contributed by atoms with E-state index in [2.05, 4.69) is 17.2 Å². The summed E-state index contributed by atoms with van der Waals surface area (Å²) >= 11 is 7.08. The summed E-state index contributed by atoms with van der Waals surface area (Å²) in [5, 5.41) is 14.1. The van der Waals surface area contributed by atoms with Gasteiger partial charge in [0.25, 0.3) is 0 Å². The number of hydrogen-bond donors (Lipinski definition) is 2. The lowest BCUT2D eigenvalue weighted by Gasteiger charge is -2.25. The fourth-order valence-electron chi connectivity index (χ4n) is 3.63. The maximum atomic E-state index is 10.8. The number of nitrogens with zero attached hydrogens (tertiary/aromatic N) is 2. The van der Waals surface area contributed by atoms with Gasteiger partial charge in [0, 0.05) is 25.3 Å². The number of nitrogens with one attached hydrogen (secondary N) is 1. The Hall–Kier alpha value is -1.69. The number of aliphatic hydroxyl groups excluding tert-OH is 1. The minimum atomic E-state index is -0.899. The Morgan fingerprint density at radius 3 is 2.90 bits per heavy atom. The van der Waals surface area contributed by atoms with Crippen molar-refractivity contribution < 1.29 is 24.1 Å². The van der Waals surface area contributed by atoms with Crippen LogP contribution in [-0.4, -0.2) is 60.4 Å². The molecular weight excluding hydrogens is 426 g/mol. The quantitative estimate of drug-likeness (QED) is 0.524. The lowest BCUT2D eigenvalue weighted by Crippen LogP contribution is -2.35. The average molecular weight is 452 g/mol. The summed E-state index contributed by atoms with van der Waals surface area (Å²) in [7, 11) is 3.13. The van der Waals surface area contributed by atoms with E-state index in [4.69, 9.17) is 31.2 Å². The van der Waals surface area contributed by atoms with Crippen molar-refractivity contribution in [2.24, 2.45) is 0 Å². The zero-order chi connectivity index (χ0) is 21.3. The summed E-state index contributed by atoms with van der Waals surface area (Å²) in [6.07, 6.45) is 0.269. The van der Waals surface area contributed by atoms with Gasteiger partial charge in [0.05, 0.1) is 23.8 Å². The summed E-state index contributed by atoms with van der Waals surface area (Å²) < 4.78 is 24.5. The molecule has 0 radical (unpaired) electrons. The van der Waals surface area contributed by atoms with Crippen molar-refractivity contribution >= 4 is 35.5 Å². The Kier molecular flexibility index (Phi) is 6.61. The molecule has 3 heterocycles. The molecule has 8 nitrogen and oxygen atoms in total. The first-order valence-corrected chi connectivity index (χ1v) is 11.0. The minimum absolute atomic E-state index is 0.300. The van der Waals surface area contributed by atoms with Crippen LogP contribution in [0, 0.1) is 4.77 Å². The number of aromatic nitrogens is 2. The smallest absolute Gasteiger partial charge is 0.203 e. The van der Waals surface area contributed by atoms with Crippen LogP contribution < -0.4 is 10.1 Å². The molecule has 2 aromatic rings. The summed E-state index contributed by atoms with van der Waals surface area (Å²) in [5.41, 5.74) is 0.889. The number of fused-ring (bicyclic) bond motifs is 2. The number of para-hydroxylation sites is 1. The minimum Gasteiger partial charge on any atom is -0.491 e. The Labute approximate surface area is 184 Å². The molecule has 0 aliphatic carbocycles. The summed E-state index contributed by atoms with van der Waals surface area (Å²) in [5.74, 6) is 1.45. The molecule has 2 N–H and O–H groups in total. The van der Waals surface area contributed by atoms with E-state index in [-0.39, 0.29) is 0 Å². The Balaban J connectivity index is 1.64. The first kappa shape index (κ1) is 21.5. The lowest BCUT2D eigenvalue weighted by atomic mass is 10.1. The third-order valence-electron chi connectivity index (χ3n) is 5.02. The maximum absolute atomic E-state index is 10.8. The van der Waals surface area contributed by atoms with Gasteiger partial charge in [-0.15, -0.1) is 0 Å². The molecule has 4 rings (SSSR count). The second-order valence-corrected chi connectivity index (χ2v) is 8.51. The monoisotopic (exact) mass is 451 g/mol. The highest BCUT2D eigenvalue weighted by Gasteiger charge is 2.45. The van der Waals surface area contributed by atoms with E-state index in [1.54, 1.807) is 30.5 Å². The highest BCUT2D eigenvalue weighted by molar-refractivity contribution is 7.99. The largest absolute Gasteiger partial charge is 0.491 e. The lowest BCUT2D eigenvalue weighted by molar-refractivity contribution is -0.0636. The molecule has 10 heteroatoms. The van der Waals surface area contributed by atoms with Crippen molar-refractivity contribution in [2.75, 3.05) is 32.8 Å². The molecule has 0 saturated carbocycles. The molecule has 1 saturated heterocycles. The van der Waals surface area contributed by atoms with Gasteiger partial charge in [-0.1, -0.05) is 24.8 Å². The highest BCUT2D eigenvalue weighted by atomic mass is 32.2. The van der Waals surface area contributed by atoms with Gasteiger partial charge < -0.3 is 29.4 Å².